The summed E-state index contributed by atoms with van der Waals surface area (Å²) in [5.41, 5.74) is 0.311. The summed E-state index contributed by atoms with van der Waals surface area (Å²) in [4.78, 5) is 14.1. The first kappa shape index (κ1) is 14.5. The van der Waals surface area contributed by atoms with Gasteiger partial charge in [0.25, 0.3) is 0 Å². The fourth-order valence-corrected chi connectivity index (χ4v) is 3.02. The second-order valence-corrected chi connectivity index (χ2v) is 7.14. The van der Waals surface area contributed by atoms with Crippen molar-refractivity contribution in [2.45, 2.75) is 32.4 Å². The summed E-state index contributed by atoms with van der Waals surface area (Å²) < 4.78 is 5.47. The Balaban J connectivity index is 1.82. The molecule has 3 heterocycles. The molecule has 1 aromatic heterocycles. The highest BCUT2D eigenvalue weighted by Gasteiger charge is 2.60. The van der Waals surface area contributed by atoms with Crippen LogP contribution < -0.4 is 5.32 Å². The molecule has 0 aliphatic carbocycles. The van der Waals surface area contributed by atoms with Crippen molar-refractivity contribution in [3.63, 3.8) is 0 Å². The lowest BCUT2D eigenvalue weighted by Gasteiger charge is -2.61. The molecule has 3 rings (SSSR count). The summed E-state index contributed by atoms with van der Waals surface area (Å²) in [6, 6.07) is 3.43. The molecule has 1 spiro atoms. The smallest absolute Gasteiger partial charge is 0.410 e. The molecule has 2 aliphatic heterocycles. The number of hydrogen-bond acceptors (Lipinski definition) is 5. The lowest BCUT2D eigenvalue weighted by atomic mass is 9.66. The van der Waals surface area contributed by atoms with Gasteiger partial charge in [0.2, 0.25) is 0 Å². The van der Waals surface area contributed by atoms with Crippen LogP contribution in [0.4, 0.5) is 4.79 Å². The van der Waals surface area contributed by atoms with Gasteiger partial charge in [-0.15, -0.1) is 5.10 Å². The van der Waals surface area contributed by atoms with Crippen molar-refractivity contribution < 1.29 is 9.53 Å². The Hall–Kier alpha value is -1.40. The number of amides is 1. The molecule has 1 unspecified atom stereocenters. The van der Waals surface area contributed by atoms with Crippen LogP contribution in [0.3, 0.4) is 0 Å². The third kappa shape index (κ3) is 2.58. The highest BCUT2D eigenvalue weighted by Crippen LogP contribution is 2.51. The zero-order valence-corrected chi connectivity index (χ0v) is 13.1. The minimum absolute atomic E-state index is 0.0550. The Labute approximate surface area is 128 Å². The summed E-state index contributed by atoms with van der Waals surface area (Å²) in [6.45, 7) is 8.03. The van der Waals surface area contributed by atoms with Crippen molar-refractivity contribution >= 4 is 17.7 Å². The molecule has 0 bridgehead atoms. The lowest BCUT2D eigenvalue weighted by molar-refractivity contribution is -0.110. The number of nitrogens with one attached hydrogen (secondary N) is 1. The Morgan fingerprint density at radius 1 is 1.43 bits per heavy atom. The van der Waals surface area contributed by atoms with Crippen molar-refractivity contribution in [2.75, 3.05) is 19.6 Å². The van der Waals surface area contributed by atoms with Crippen LogP contribution in [0.1, 0.15) is 32.5 Å². The molecule has 114 valence electrons. The molecule has 1 aromatic rings. The third-order valence-corrected chi connectivity index (χ3v) is 4.09. The topological polar surface area (TPSA) is 67.3 Å². The number of likely N-dealkylation sites (tertiary alicyclic amines) is 1. The van der Waals surface area contributed by atoms with Crippen LogP contribution in [-0.2, 0) is 4.74 Å². The predicted molar refractivity (Wildman–Crippen MR) is 78.0 cm³/mol. The zero-order chi connectivity index (χ0) is 15.3. The number of halogens is 1. The van der Waals surface area contributed by atoms with Crippen LogP contribution in [0.5, 0.6) is 0 Å². The normalized spacial score (nSPS) is 23.4. The summed E-state index contributed by atoms with van der Waals surface area (Å²) in [5.74, 6) is 0. The standard InChI is InChI=1S/C14H19ClN4O2/c1-13(2,3)21-12(20)19-8-14(6-16-7-14)11(19)9-4-5-10(15)18-17-9/h4-5,11,16H,6-8H2,1-3H3. The van der Waals surface area contributed by atoms with E-state index in [1.54, 1.807) is 11.0 Å². The molecule has 0 saturated carbocycles. The van der Waals surface area contributed by atoms with Gasteiger partial charge in [0, 0.05) is 25.0 Å². The number of carbonyl (C=O) groups excluding carboxylic acids is 1. The SMILES string of the molecule is CC(C)(C)OC(=O)N1CC2(CNC2)C1c1ccc(Cl)nn1. The first-order valence-electron chi connectivity index (χ1n) is 7.00. The van der Waals surface area contributed by atoms with Crippen molar-refractivity contribution in [1.29, 1.82) is 0 Å². The number of rotatable bonds is 1. The van der Waals surface area contributed by atoms with E-state index in [1.807, 2.05) is 26.8 Å². The molecule has 0 aromatic carbocycles. The van der Waals surface area contributed by atoms with E-state index in [0.717, 1.165) is 18.8 Å². The van der Waals surface area contributed by atoms with E-state index in [9.17, 15) is 4.79 Å². The molecule has 2 saturated heterocycles. The van der Waals surface area contributed by atoms with E-state index in [-0.39, 0.29) is 17.6 Å². The first-order chi connectivity index (χ1) is 9.81. The Morgan fingerprint density at radius 2 is 2.14 bits per heavy atom. The van der Waals surface area contributed by atoms with E-state index < -0.39 is 5.60 Å². The highest BCUT2D eigenvalue weighted by atomic mass is 35.5. The van der Waals surface area contributed by atoms with Gasteiger partial charge in [0.15, 0.2) is 5.15 Å². The second-order valence-electron chi connectivity index (χ2n) is 6.76. The second kappa shape index (κ2) is 4.81. The van der Waals surface area contributed by atoms with Crippen LogP contribution in [-0.4, -0.2) is 46.4 Å². The number of ether oxygens (including phenoxy) is 1. The predicted octanol–water partition coefficient (Wildman–Crippen LogP) is 2.01. The van der Waals surface area contributed by atoms with Crippen LogP contribution in [0.2, 0.25) is 5.15 Å². The molecule has 1 atom stereocenters. The number of hydrogen-bond donors (Lipinski definition) is 1. The quantitative estimate of drug-likeness (QED) is 0.859. The molecule has 21 heavy (non-hydrogen) atoms. The fraction of sp³-hybridized carbons (Fsp3) is 0.643. The minimum atomic E-state index is -0.506. The van der Waals surface area contributed by atoms with Crippen LogP contribution in [0, 0.1) is 5.41 Å². The molecule has 1 amide bonds. The van der Waals surface area contributed by atoms with Gasteiger partial charge in [0.1, 0.15) is 5.60 Å². The van der Waals surface area contributed by atoms with Crippen LogP contribution in [0.15, 0.2) is 12.1 Å². The van der Waals surface area contributed by atoms with Crippen molar-refractivity contribution in [2.24, 2.45) is 5.41 Å². The number of nitrogens with zero attached hydrogens (tertiary/aromatic N) is 3. The fourth-order valence-electron chi connectivity index (χ4n) is 2.92. The Kier molecular flexibility index (Phi) is 3.33. The van der Waals surface area contributed by atoms with Gasteiger partial charge in [-0.05, 0) is 32.9 Å². The molecule has 6 nitrogen and oxygen atoms in total. The van der Waals surface area contributed by atoms with Crippen molar-refractivity contribution in [3.8, 4) is 0 Å². The molecule has 2 aliphatic rings. The first-order valence-corrected chi connectivity index (χ1v) is 7.38. The van der Waals surface area contributed by atoms with E-state index >= 15 is 0 Å². The van der Waals surface area contributed by atoms with Gasteiger partial charge in [-0.1, -0.05) is 11.6 Å². The van der Waals surface area contributed by atoms with E-state index in [4.69, 9.17) is 16.3 Å². The molecule has 2 fully saturated rings. The third-order valence-electron chi connectivity index (χ3n) is 3.89. The van der Waals surface area contributed by atoms with Gasteiger partial charge in [-0.2, -0.15) is 5.10 Å². The maximum Gasteiger partial charge on any atom is 0.410 e. The summed E-state index contributed by atoms with van der Waals surface area (Å²) in [5, 5.41) is 11.7. The monoisotopic (exact) mass is 310 g/mol. The van der Waals surface area contributed by atoms with Crippen molar-refractivity contribution in [3.05, 3.63) is 23.0 Å². The number of carbonyl (C=O) groups is 1. The summed E-state index contributed by atoms with van der Waals surface area (Å²) in [7, 11) is 0. The average molecular weight is 311 g/mol. The molecular formula is C14H19ClN4O2. The van der Waals surface area contributed by atoms with Gasteiger partial charge < -0.3 is 10.1 Å². The van der Waals surface area contributed by atoms with E-state index in [2.05, 4.69) is 15.5 Å². The highest BCUT2D eigenvalue weighted by molar-refractivity contribution is 6.29. The Morgan fingerprint density at radius 3 is 2.62 bits per heavy atom. The average Bonchev–Trinajstić information content (AvgIpc) is 2.26. The van der Waals surface area contributed by atoms with Crippen LogP contribution in [0.25, 0.3) is 0 Å². The van der Waals surface area contributed by atoms with Gasteiger partial charge in [0.05, 0.1) is 11.7 Å². The molecule has 0 radical (unpaired) electrons. The maximum absolute atomic E-state index is 12.3. The maximum atomic E-state index is 12.3. The lowest BCUT2D eigenvalue weighted by Crippen LogP contribution is -2.73. The van der Waals surface area contributed by atoms with Crippen LogP contribution >= 0.6 is 11.6 Å². The minimum Gasteiger partial charge on any atom is -0.444 e. The molecule has 7 heteroatoms. The molecular weight excluding hydrogens is 292 g/mol. The summed E-state index contributed by atoms with van der Waals surface area (Å²) in [6.07, 6.45) is -0.304. The van der Waals surface area contributed by atoms with E-state index in [0.29, 0.717) is 11.7 Å². The summed E-state index contributed by atoms with van der Waals surface area (Å²) >= 11 is 5.79. The zero-order valence-electron chi connectivity index (χ0n) is 12.4. The van der Waals surface area contributed by atoms with Gasteiger partial charge in [-0.25, -0.2) is 4.79 Å². The number of aromatic nitrogens is 2. The Bertz CT molecular complexity index is 551. The largest absolute Gasteiger partial charge is 0.444 e. The van der Waals surface area contributed by atoms with Gasteiger partial charge >= 0.3 is 6.09 Å². The van der Waals surface area contributed by atoms with E-state index in [1.165, 1.54) is 0 Å². The van der Waals surface area contributed by atoms with Gasteiger partial charge in [-0.3, -0.25) is 4.90 Å². The van der Waals surface area contributed by atoms with Crippen molar-refractivity contribution in [1.82, 2.24) is 20.4 Å². The molecule has 1 N–H and O–H groups in total.